The molecule has 2 aromatic carbocycles. The number of ether oxygens (including phenoxy) is 2. The molecule has 0 spiro atoms. The van der Waals surface area contributed by atoms with Crippen LogP contribution < -0.4 is 10.1 Å². The minimum Gasteiger partial charge on any atom is -0.491 e. The van der Waals surface area contributed by atoms with E-state index in [1.807, 2.05) is 12.1 Å². The number of amides is 1. The highest BCUT2D eigenvalue weighted by Gasteiger charge is 2.24. The van der Waals surface area contributed by atoms with E-state index < -0.39 is 10.0 Å². The second kappa shape index (κ2) is 15.0. The van der Waals surface area contributed by atoms with Crippen molar-refractivity contribution >= 4 is 15.9 Å². The maximum atomic E-state index is 13.0. The number of nitrogens with one attached hydrogen (secondary N) is 1. The molecule has 2 aliphatic heterocycles. The number of sulfonamides is 1. The fourth-order valence-corrected chi connectivity index (χ4v) is 6.63. The molecule has 220 valence electrons. The van der Waals surface area contributed by atoms with Gasteiger partial charge in [-0.1, -0.05) is 44.5 Å². The highest BCUT2D eigenvalue weighted by Crippen LogP contribution is 2.25. The first-order valence-electron chi connectivity index (χ1n) is 14.7. The Labute approximate surface area is 240 Å². The number of benzene rings is 2. The molecule has 1 amide bonds. The summed E-state index contributed by atoms with van der Waals surface area (Å²) < 4.78 is 38.8. The van der Waals surface area contributed by atoms with Crippen LogP contribution in [0.25, 0.3) is 0 Å². The summed E-state index contributed by atoms with van der Waals surface area (Å²) in [5, 5.41) is 2.80. The number of fused-ring (bicyclic) bond motifs is 3. The van der Waals surface area contributed by atoms with Crippen molar-refractivity contribution in [2.45, 2.75) is 52.5 Å². The second-order valence-corrected chi connectivity index (χ2v) is 13.4. The topological polar surface area (TPSA) is 88.2 Å². The standard InChI is InChI=1S/C31H45N3O5S/c1-25(2)11-15-33-16-17-38-18-19-39-30-10-9-28(23-29(30)22-26-7-6-8-27(21-26)24-33)31(35)32-12-20-40(36,37)34-13-4-3-5-14-34/h6-10,21,23,25H,3-5,11-20,22,24H2,1-2H3,(H,32,35). The van der Waals surface area contributed by atoms with E-state index in [-0.39, 0.29) is 18.2 Å². The summed E-state index contributed by atoms with van der Waals surface area (Å²) in [7, 11) is -3.36. The van der Waals surface area contributed by atoms with Crippen molar-refractivity contribution in [3.8, 4) is 5.75 Å². The van der Waals surface area contributed by atoms with Crippen molar-refractivity contribution in [1.29, 1.82) is 0 Å². The van der Waals surface area contributed by atoms with Crippen LogP contribution in [-0.2, 0) is 27.7 Å². The number of carbonyl (C=O) groups excluding carboxylic acids is 1. The Morgan fingerprint density at radius 2 is 1.77 bits per heavy atom. The van der Waals surface area contributed by atoms with Crippen molar-refractivity contribution in [3.63, 3.8) is 0 Å². The maximum absolute atomic E-state index is 13.0. The Hall–Kier alpha value is -2.46. The number of hydrogen-bond acceptors (Lipinski definition) is 6. The van der Waals surface area contributed by atoms with Crippen LogP contribution in [0.5, 0.6) is 5.75 Å². The average Bonchev–Trinajstić information content (AvgIpc) is 2.94. The molecule has 1 fully saturated rings. The molecular formula is C31H45N3O5S. The predicted octanol–water partition coefficient (Wildman–Crippen LogP) is 4.08. The van der Waals surface area contributed by atoms with Crippen LogP contribution in [0.4, 0.5) is 0 Å². The van der Waals surface area contributed by atoms with E-state index in [1.165, 1.54) is 5.56 Å². The minimum atomic E-state index is -3.36. The minimum absolute atomic E-state index is 0.0813. The van der Waals surface area contributed by atoms with Crippen LogP contribution in [0.2, 0.25) is 0 Å². The SMILES string of the molecule is CC(C)CCN1CCOCCOc2ccc(C(=O)NCCS(=O)(=O)N3CCCCC3)cc2Cc2cccc(c2)C1. The van der Waals surface area contributed by atoms with Gasteiger partial charge in [0.25, 0.3) is 5.91 Å². The fourth-order valence-electron chi connectivity index (χ4n) is 5.20. The number of rotatable bonds is 8. The lowest BCUT2D eigenvalue weighted by atomic mass is 9.99. The Balaban J connectivity index is 1.45. The van der Waals surface area contributed by atoms with Crippen LogP contribution in [-0.4, -0.2) is 81.8 Å². The van der Waals surface area contributed by atoms with Gasteiger partial charge in [-0.05, 0) is 66.6 Å². The third-order valence-electron chi connectivity index (χ3n) is 7.53. The van der Waals surface area contributed by atoms with E-state index in [0.29, 0.717) is 50.8 Å². The van der Waals surface area contributed by atoms with Gasteiger partial charge in [-0.3, -0.25) is 9.69 Å². The van der Waals surface area contributed by atoms with E-state index in [0.717, 1.165) is 62.2 Å². The third-order valence-corrected chi connectivity index (χ3v) is 9.40. The number of piperidine rings is 1. The molecule has 0 radical (unpaired) electrons. The van der Waals surface area contributed by atoms with E-state index in [1.54, 1.807) is 10.4 Å². The van der Waals surface area contributed by atoms with Crippen LogP contribution in [0.15, 0.2) is 42.5 Å². The molecule has 0 saturated carbocycles. The van der Waals surface area contributed by atoms with Crippen molar-refractivity contribution in [2.24, 2.45) is 5.92 Å². The van der Waals surface area contributed by atoms with Gasteiger partial charge in [-0.2, -0.15) is 0 Å². The monoisotopic (exact) mass is 571 g/mol. The normalized spacial score (nSPS) is 18.0. The lowest BCUT2D eigenvalue weighted by molar-refractivity contribution is 0.0764. The largest absolute Gasteiger partial charge is 0.491 e. The molecule has 4 rings (SSSR count). The summed E-state index contributed by atoms with van der Waals surface area (Å²) in [6, 6.07) is 14.0. The summed E-state index contributed by atoms with van der Waals surface area (Å²) in [6.45, 7) is 10.1. The number of hydrogen-bond donors (Lipinski definition) is 1. The Bertz CT molecular complexity index is 1210. The van der Waals surface area contributed by atoms with Crippen LogP contribution in [0.1, 0.15) is 66.6 Å². The summed E-state index contributed by atoms with van der Waals surface area (Å²) >= 11 is 0. The van der Waals surface area contributed by atoms with Gasteiger partial charge >= 0.3 is 0 Å². The van der Waals surface area contributed by atoms with Crippen LogP contribution in [0, 0.1) is 5.92 Å². The molecule has 0 aliphatic carbocycles. The van der Waals surface area contributed by atoms with Crippen LogP contribution >= 0.6 is 0 Å². The lowest BCUT2D eigenvalue weighted by Gasteiger charge is -2.25. The Morgan fingerprint density at radius 3 is 2.58 bits per heavy atom. The molecule has 1 N–H and O–H groups in total. The first kappa shape index (κ1) is 30.5. The summed E-state index contributed by atoms with van der Waals surface area (Å²) in [5.74, 6) is 1.01. The van der Waals surface area contributed by atoms with E-state index in [2.05, 4.69) is 48.3 Å². The number of carbonyl (C=O) groups is 1. The molecule has 0 aromatic heterocycles. The molecular weight excluding hydrogens is 526 g/mol. The van der Waals surface area contributed by atoms with Gasteiger partial charge in [0.1, 0.15) is 12.4 Å². The van der Waals surface area contributed by atoms with Crippen molar-refractivity contribution in [1.82, 2.24) is 14.5 Å². The summed E-state index contributed by atoms with van der Waals surface area (Å²) in [4.78, 5) is 15.4. The van der Waals surface area contributed by atoms with Gasteiger partial charge in [0.05, 0.1) is 19.0 Å². The molecule has 8 nitrogen and oxygen atoms in total. The third kappa shape index (κ3) is 9.29. The zero-order valence-electron chi connectivity index (χ0n) is 24.1. The van der Waals surface area contributed by atoms with E-state index in [9.17, 15) is 13.2 Å². The van der Waals surface area contributed by atoms with Crippen molar-refractivity contribution in [2.75, 3.05) is 58.3 Å². The molecule has 2 aromatic rings. The zero-order valence-corrected chi connectivity index (χ0v) is 24.9. The van der Waals surface area contributed by atoms with Gasteiger partial charge < -0.3 is 14.8 Å². The predicted molar refractivity (Wildman–Crippen MR) is 158 cm³/mol. The summed E-state index contributed by atoms with van der Waals surface area (Å²) in [5.41, 5.74) is 3.82. The first-order valence-corrected chi connectivity index (χ1v) is 16.3. The molecule has 2 bridgehead atoms. The molecule has 1 saturated heterocycles. The first-order chi connectivity index (χ1) is 19.3. The van der Waals surface area contributed by atoms with Crippen LogP contribution in [0.3, 0.4) is 0 Å². The molecule has 0 atom stereocenters. The molecule has 0 unspecified atom stereocenters. The molecule has 9 heteroatoms. The Morgan fingerprint density at radius 1 is 0.975 bits per heavy atom. The van der Waals surface area contributed by atoms with Crippen molar-refractivity contribution in [3.05, 3.63) is 64.7 Å². The lowest BCUT2D eigenvalue weighted by Crippen LogP contribution is -2.40. The molecule has 40 heavy (non-hydrogen) atoms. The van der Waals surface area contributed by atoms with Gasteiger partial charge in [-0.25, -0.2) is 12.7 Å². The van der Waals surface area contributed by atoms with Gasteiger partial charge in [0.15, 0.2) is 0 Å². The van der Waals surface area contributed by atoms with E-state index in [4.69, 9.17) is 9.47 Å². The van der Waals surface area contributed by atoms with Gasteiger partial charge in [0, 0.05) is 44.7 Å². The fraction of sp³-hybridized carbons (Fsp3) is 0.581. The highest BCUT2D eigenvalue weighted by molar-refractivity contribution is 7.89. The number of nitrogens with zero attached hydrogens (tertiary/aromatic N) is 2. The molecule has 2 aliphatic rings. The quantitative estimate of drug-likeness (QED) is 0.514. The smallest absolute Gasteiger partial charge is 0.251 e. The van der Waals surface area contributed by atoms with Gasteiger partial charge in [-0.15, -0.1) is 0 Å². The summed E-state index contributed by atoms with van der Waals surface area (Å²) in [6.07, 6.45) is 4.63. The maximum Gasteiger partial charge on any atom is 0.251 e. The van der Waals surface area contributed by atoms with Crippen molar-refractivity contribution < 1.29 is 22.7 Å². The zero-order chi connectivity index (χ0) is 28.4. The Kier molecular flexibility index (Phi) is 11.4. The molecule has 2 heterocycles. The van der Waals surface area contributed by atoms with Gasteiger partial charge in [0.2, 0.25) is 10.0 Å². The van der Waals surface area contributed by atoms with E-state index >= 15 is 0 Å². The second-order valence-electron chi connectivity index (χ2n) is 11.3. The highest BCUT2D eigenvalue weighted by atomic mass is 32.2. The average molecular weight is 572 g/mol.